The van der Waals surface area contributed by atoms with Crippen LogP contribution in [0.1, 0.15) is 58.6 Å². The molecule has 0 aliphatic heterocycles. The number of para-hydroxylation sites is 1. The molecule has 22 heavy (non-hydrogen) atoms. The minimum absolute atomic E-state index is 0.0389. The first-order chi connectivity index (χ1) is 10.0. The quantitative estimate of drug-likeness (QED) is 0.927. The lowest BCUT2D eigenvalue weighted by Gasteiger charge is -2.28. The van der Waals surface area contributed by atoms with Crippen molar-refractivity contribution in [2.24, 2.45) is 0 Å². The van der Waals surface area contributed by atoms with Gasteiger partial charge in [0.1, 0.15) is 6.54 Å². The molecule has 1 aromatic carbocycles. The summed E-state index contributed by atoms with van der Waals surface area (Å²) in [7, 11) is 0. The molecule has 2 amide bonds. The van der Waals surface area contributed by atoms with E-state index in [4.69, 9.17) is 0 Å². The number of benzene rings is 1. The van der Waals surface area contributed by atoms with Crippen LogP contribution in [0.5, 0.6) is 0 Å². The number of anilines is 1. The van der Waals surface area contributed by atoms with E-state index in [0.29, 0.717) is 0 Å². The van der Waals surface area contributed by atoms with Crippen molar-refractivity contribution >= 4 is 17.5 Å². The third-order valence-electron chi connectivity index (χ3n) is 3.36. The Morgan fingerprint density at radius 3 is 2.27 bits per heavy atom. The van der Waals surface area contributed by atoms with Crippen molar-refractivity contribution in [2.75, 3.05) is 11.4 Å². The highest BCUT2D eigenvalue weighted by Gasteiger charge is 2.23. The molecule has 0 aliphatic rings. The molecule has 1 N–H and O–H groups in total. The number of nitrogens with one attached hydrogen (secondary N) is 1. The van der Waals surface area contributed by atoms with Crippen molar-refractivity contribution in [1.29, 1.82) is 0 Å². The van der Waals surface area contributed by atoms with Crippen LogP contribution >= 0.6 is 0 Å². The Morgan fingerprint density at radius 2 is 1.82 bits per heavy atom. The summed E-state index contributed by atoms with van der Waals surface area (Å²) in [5, 5.41) is 2.91. The van der Waals surface area contributed by atoms with Gasteiger partial charge in [-0.25, -0.2) is 0 Å². The van der Waals surface area contributed by atoms with Crippen LogP contribution in [0, 0.1) is 6.92 Å². The van der Waals surface area contributed by atoms with Crippen molar-refractivity contribution in [3.63, 3.8) is 0 Å². The van der Waals surface area contributed by atoms with E-state index in [1.807, 2.05) is 45.9 Å². The molecule has 1 aromatic rings. The van der Waals surface area contributed by atoms with Gasteiger partial charge in [0.15, 0.2) is 0 Å². The Morgan fingerprint density at radius 1 is 1.23 bits per heavy atom. The lowest BCUT2D eigenvalue weighted by molar-refractivity contribution is -0.124. The maximum Gasteiger partial charge on any atom is 0.240 e. The lowest BCUT2D eigenvalue weighted by atomic mass is 9.97. The topological polar surface area (TPSA) is 49.4 Å². The molecule has 0 aliphatic carbocycles. The largest absolute Gasteiger partial charge is 0.350 e. The molecule has 122 valence electrons. The van der Waals surface area contributed by atoms with E-state index in [-0.39, 0.29) is 29.8 Å². The standard InChI is InChI=1S/C18H28N2O2/c1-12(2)15-10-8-9-13(3)17(15)20(14(4)21)11-16(22)19-18(5,6)7/h8-10,12H,11H2,1-7H3,(H,19,22). The van der Waals surface area contributed by atoms with Gasteiger partial charge in [-0.2, -0.15) is 0 Å². The van der Waals surface area contributed by atoms with Gasteiger partial charge in [0, 0.05) is 12.5 Å². The predicted octanol–water partition coefficient (Wildman–Crippen LogP) is 3.39. The van der Waals surface area contributed by atoms with Crippen molar-refractivity contribution in [1.82, 2.24) is 5.32 Å². The number of rotatable bonds is 4. The molecule has 0 fully saturated rings. The van der Waals surface area contributed by atoms with Crippen LogP contribution in [-0.2, 0) is 9.59 Å². The number of carbonyl (C=O) groups is 2. The average Bonchev–Trinajstić information content (AvgIpc) is 2.33. The van der Waals surface area contributed by atoms with Crippen LogP contribution < -0.4 is 10.2 Å². The highest BCUT2D eigenvalue weighted by Crippen LogP contribution is 2.31. The molecule has 0 saturated heterocycles. The summed E-state index contributed by atoms with van der Waals surface area (Å²) in [6.07, 6.45) is 0. The zero-order valence-electron chi connectivity index (χ0n) is 14.8. The highest BCUT2D eigenvalue weighted by molar-refractivity contribution is 5.99. The monoisotopic (exact) mass is 304 g/mol. The normalized spacial score (nSPS) is 11.5. The number of hydrogen-bond acceptors (Lipinski definition) is 2. The fourth-order valence-corrected chi connectivity index (χ4v) is 2.47. The predicted molar refractivity (Wildman–Crippen MR) is 91.2 cm³/mol. The van der Waals surface area contributed by atoms with Gasteiger partial charge in [0.05, 0.1) is 5.69 Å². The van der Waals surface area contributed by atoms with E-state index < -0.39 is 0 Å². The summed E-state index contributed by atoms with van der Waals surface area (Å²) in [5.74, 6) is 0.00310. The van der Waals surface area contributed by atoms with Crippen LogP contribution in [0.4, 0.5) is 5.69 Å². The van der Waals surface area contributed by atoms with Gasteiger partial charge < -0.3 is 10.2 Å². The third kappa shape index (κ3) is 4.86. The van der Waals surface area contributed by atoms with Gasteiger partial charge in [-0.15, -0.1) is 0 Å². The number of carbonyl (C=O) groups excluding carboxylic acids is 2. The summed E-state index contributed by atoms with van der Waals surface area (Å²) in [4.78, 5) is 25.9. The Balaban J connectivity index is 3.18. The first kappa shape index (κ1) is 18.2. The van der Waals surface area contributed by atoms with E-state index in [9.17, 15) is 9.59 Å². The van der Waals surface area contributed by atoms with E-state index in [1.54, 1.807) is 4.90 Å². The van der Waals surface area contributed by atoms with Crippen LogP contribution in [0.15, 0.2) is 18.2 Å². The van der Waals surface area contributed by atoms with Gasteiger partial charge in [-0.05, 0) is 44.7 Å². The molecule has 0 bridgehead atoms. The van der Waals surface area contributed by atoms with E-state index in [2.05, 4.69) is 19.2 Å². The number of hydrogen-bond donors (Lipinski definition) is 1. The molecule has 0 radical (unpaired) electrons. The molecule has 0 saturated carbocycles. The first-order valence-electron chi connectivity index (χ1n) is 7.71. The summed E-state index contributed by atoms with van der Waals surface area (Å²) >= 11 is 0. The van der Waals surface area contributed by atoms with Crippen LogP contribution in [-0.4, -0.2) is 23.9 Å². The van der Waals surface area contributed by atoms with Crippen molar-refractivity contribution < 1.29 is 9.59 Å². The molecule has 0 spiro atoms. The fourth-order valence-electron chi connectivity index (χ4n) is 2.47. The molecular formula is C18H28N2O2. The zero-order chi connectivity index (χ0) is 17.1. The smallest absolute Gasteiger partial charge is 0.240 e. The molecular weight excluding hydrogens is 276 g/mol. The molecule has 4 heteroatoms. The molecule has 1 rings (SSSR count). The zero-order valence-corrected chi connectivity index (χ0v) is 14.8. The van der Waals surface area contributed by atoms with Gasteiger partial charge in [0.2, 0.25) is 11.8 Å². The van der Waals surface area contributed by atoms with Gasteiger partial charge in [0.25, 0.3) is 0 Å². The van der Waals surface area contributed by atoms with E-state index in [0.717, 1.165) is 16.8 Å². The fraction of sp³-hybridized carbons (Fsp3) is 0.556. The molecule has 0 unspecified atom stereocenters. The molecule has 4 nitrogen and oxygen atoms in total. The second-order valence-electron chi connectivity index (χ2n) is 7.07. The van der Waals surface area contributed by atoms with Gasteiger partial charge in [-0.3, -0.25) is 9.59 Å². The number of amides is 2. The van der Waals surface area contributed by atoms with Crippen LogP contribution in [0.25, 0.3) is 0 Å². The maximum absolute atomic E-state index is 12.2. The molecule has 0 aromatic heterocycles. The summed E-state index contributed by atoms with van der Waals surface area (Å²) in [6.45, 7) is 13.5. The Labute approximate surface area is 133 Å². The Hall–Kier alpha value is -1.84. The van der Waals surface area contributed by atoms with E-state index >= 15 is 0 Å². The van der Waals surface area contributed by atoms with Crippen molar-refractivity contribution in [3.8, 4) is 0 Å². The van der Waals surface area contributed by atoms with Gasteiger partial charge in [-0.1, -0.05) is 32.0 Å². The number of aryl methyl sites for hydroxylation is 1. The second kappa shape index (κ2) is 6.95. The SMILES string of the molecule is CC(=O)N(CC(=O)NC(C)(C)C)c1c(C)cccc1C(C)C. The average molecular weight is 304 g/mol. The first-order valence-corrected chi connectivity index (χ1v) is 7.71. The van der Waals surface area contributed by atoms with Crippen molar-refractivity contribution in [3.05, 3.63) is 29.3 Å². The molecule has 0 heterocycles. The Kier molecular flexibility index (Phi) is 5.75. The maximum atomic E-state index is 12.2. The number of nitrogens with zero attached hydrogens (tertiary/aromatic N) is 1. The highest BCUT2D eigenvalue weighted by atomic mass is 16.2. The summed E-state index contributed by atoms with van der Waals surface area (Å²) < 4.78 is 0. The van der Waals surface area contributed by atoms with Crippen molar-refractivity contribution in [2.45, 2.75) is 59.9 Å². The minimum Gasteiger partial charge on any atom is -0.350 e. The van der Waals surface area contributed by atoms with E-state index in [1.165, 1.54) is 6.92 Å². The third-order valence-corrected chi connectivity index (χ3v) is 3.36. The minimum atomic E-state index is -0.313. The van der Waals surface area contributed by atoms with Gasteiger partial charge >= 0.3 is 0 Å². The Bertz CT molecular complexity index is 557. The second-order valence-corrected chi connectivity index (χ2v) is 7.07. The lowest BCUT2D eigenvalue weighted by Crippen LogP contribution is -2.47. The molecule has 0 atom stereocenters. The summed E-state index contributed by atoms with van der Waals surface area (Å²) in [5.41, 5.74) is 2.63. The van der Waals surface area contributed by atoms with Crippen LogP contribution in [0.3, 0.4) is 0 Å². The van der Waals surface area contributed by atoms with Crippen LogP contribution in [0.2, 0.25) is 0 Å². The summed E-state index contributed by atoms with van der Waals surface area (Å²) in [6, 6.07) is 5.98.